The average Bonchev–Trinajstić information content (AvgIpc) is 2.33. The molecule has 0 aromatic heterocycles. The van der Waals surface area contributed by atoms with Gasteiger partial charge in [0.15, 0.2) is 0 Å². The predicted molar refractivity (Wildman–Crippen MR) is 73.1 cm³/mol. The van der Waals surface area contributed by atoms with Crippen molar-refractivity contribution in [2.75, 3.05) is 20.7 Å². The Kier molecular flexibility index (Phi) is 5.95. The van der Waals surface area contributed by atoms with Crippen molar-refractivity contribution in [3.05, 3.63) is 28.3 Å². The van der Waals surface area contributed by atoms with E-state index < -0.39 is 0 Å². The van der Waals surface area contributed by atoms with Crippen molar-refractivity contribution in [1.29, 1.82) is 0 Å². The van der Waals surface area contributed by atoms with Gasteiger partial charge >= 0.3 is 0 Å². The number of ether oxygens (including phenoxy) is 1. The first-order valence-corrected chi connectivity index (χ1v) is 6.20. The van der Waals surface area contributed by atoms with Crippen LogP contribution in [0.3, 0.4) is 0 Å². The molecule has 0 radical (unpaired) electrons. The van der Waals surface area contributed by atoms with Crippen LogP contribution in [0.25, 0.3) is 0 Å². The molecule has 0 spiro atoms. The summed E-state index contributed by atoms with van der Waals surface area (Å²) in [5, 5.41) is 6.42. The minimum atomic E-state index is 0.00373. The summed E-state index contributed by atoms with van der Waals surface area (Å²) >= 11 is 6.00. The molecule has 18 heavy (non-hydrogen) atoms. The summed E-state index contributed by atoms with van der Waals surface area (Å²) < 4.78 is 5.32. The average molecular weight is 271 g/mol. The maximum absolute atomic E-state index is 11.5. The first-order chi connectivity index (χ1) is 8.58. The number of hydrogen-bond donors (Lipinski definition) is 2. The fourth-order valence-corrected chi connectivity index (χ4v) is 2.04. The van der Waals surface area contributed by atoms with Crippen molar-refractivity contribution >= 4 is 17.5 Å². The maximum atomic E-state index is 11.5. The van der Waals surface area contributed by atoms with Crippen LogP contribution >= 0.6 is 11.6 Å². The van der Waals surface area contributed by atoms with Crippen molar-refractivity contribution in [3.63, 3.8) is 0 Å². The van der Waals surface area contributed by atoms with Crippen LogP contribution in [-0.4, -0.2) is 26.6 Å². The molecule has 0 bridgehead atoms. The fourth-order valence-electron chi connectivity index (χ4n) is 1.74. The number of halogens is 1. The Morgan fingerprint density at radius 3 is 2.78 bits per heavy atom. The molecule has 0 atom stereocenters. The van der Waals surface area contributed by atoms with Crippen LogP contribution < -0.4 is 15.4 Å². The lowest BCUT2D eigenvalue weighted by Crippen LogP contribution is -2.26. The third-order valence-electron chi connectivity index (χ3n) is 2.60. The largest absolute Gasteiger partial charge is 0.496 e. The number of hydrogen-bond acceptors (Lipinski definition) is 3. The van der Waals surface area contributed by atoms with Gasteiger partial charge in [-0.25, -0.2) is 0 Å². The highest BCUT2D eigenvalue weighted by Crippen LogP contribution is 2.27. The van der Waals surface area contributed by atoms with Gasteiger partial charge < -0.3 is 15.4 Å². The second kappa shape index (κ2) is 7.24. The molecule has 100 valence electrons. The molecule has 0 aliphatic heterocycles. The highest BCUT2D eigenvalue weighted by Gasteiger charge is 2.09. The van der Waals surface area contributed by atoms with E-state index in [1.54, 1.807) is 7.11 Å². The van der Waals surface area contributed by atoms with E-state index in [-0.39, 0.29) is 5.91 Å². The second-order valence-electron chi connectivity index (χ2n) is 4.05. The van der Waals surface area contributed by atoms with Gasteiger partial charge in [-0.05, 0) is 31.7 Å². The Hall–Kier alpha value is -1.26. The number of rotatable bonds is 6. The molecule has 0 heterocycles. The van der Waals surface area contributed by atoms with Crippen LogP contribution in [0.1, 0.15) is 17.5 Å². The van der Waals surface area contributed by atoms with Crippen LogP contribution in [-0.2, 0) is 11.3 Å². The summed E-state index contributed by atoms with van der Waals surface area (Å²) in [6.07, 6.45) is 0.457. The topological polar surface area (TPSA) is 50.4 Å². The third kappa shape index (κ3) is 4.20. The molecule has 0 saturated heterocycles. The Morgan fingerprint density at radius 2 is 2.17 bits per heavy atom. The first kappa shape index (κ1) is 14.8. The van der Waals surface area contributed by atoms with Gasteiger partial charge in [0, 0.05) is 30.1 Å². The summed E-state index contributed by atoms with van der Waals surface area (Å²) in [4.78, 5) is 11.5. The summed E-state index contributed by atoms with van der Waals surface area (Å²) in [5.74, 6) is 0.775. The van der Waals surface area contributed by atoms with Gasteiger partial charge in [-0.1, -0.05) is 11.6 Å². The van der Waals surface area contributed by atoms with E-state index in [4.69, 9.17) is 16.3 Å². The van der Waals surface area contributed by atoms with Crippen molar-refractivity contribution in [2.45, 2.75) is 19.9 Å². The van der Waals surface area contributed by atoms with Gasteiger partial charge in [-0.3, -0.25) is 4.79 Å². The molecular weight excluding hydrogens is 252 g/mol. The number of methoxy groups -OCH3 is 1. The summed E-state index contributed by atoms with van der Waals surface area (Å²) in [6.45, 7) is 3.02. The monoisotopic (exact) mass is 270 g/mol. The van der Waals surface area contributed by atoms with Gasteiger partial charge in [0.25, 0.3) is 0 Å². The van der Waals surface area contributed by atoms with Crippen molar-refractivity contribution < 1.29 is 9.53 Å². The predicted octanol–water partition coefficient (Wildman–Crippen LogP) is 1.88. The highest BCUT2D eigenvalue weighted by molar-refractivity contribution is 6.30. The molecule has 1 amide bonds. The molecule has 4 nitrogen and oxygen atoms in total. The first-order valence-electron chi connectivity index (χ1n) is 5.82. The summed E-state index contributed by atoms with van der Waals surface area (Å²) in [7, 11) is 3.43. The zero-order valence-electron chi connectivity index (χ0n) is 11.0. The zero-order valence-corrected chi connectivity index (χ0v) is 11.7. The van der Waals surface area contributed by atoms with Gasteiger partial charge in [-0.15, -0.1) is 0 Å². The van der Waals surface area contributed by atoms with Crippen LogP contribution in [0.5, 0.6) is 5.75 Å². The van der Waals surface area contributed by atoms with Crippen LogP contribution in [0, 0.1) is 6.92 Å². The van der Waals surface area contributed by atoms with E-state index >= 15 is 0 Å². The number of benzene rings is 1. The molecule has 0 saturated carbocycles. The van der Waals surface area contributed by atoms with E-state index in [1.165, 1.54) is 0 Å². The Morgan fingerprint density at radius 1 is 1.44 bits per heavy atom. The Labute approximate surface area is 113 Å². The third-order valence-corrected chi connectivity index (χ3v) is 2.82. The van der Waals surface area contributed by atoms with Crippen molar-refractivity contribution in [2.24, 2.45) is 0 Å². The summed E-state index contributed by atoms with van der Waals surface area (Å²) in [6, 6.07) is 3.65. The molecule has 0 unspecified atom stereocenters. The van der Waals surface area contributed by atoms with E-state index in [9.17, 15) is 4.79 Å². The molecule has 0 fully saturated rings. The molecule has 0 aliphatic carbocycles. The van der Waals surface area contributed by atoms with Crippen molar-refractivity contribution in [3.8, 4) is 5.75 Å². The maximum Gasteiger partial charge on any atom is 0.221 e. The standard InChI is InChI=1S/C13H19ClN2O2/c1-9-6-11(14)7-10(13(9)18-3)8-16-12(17)4-5-15-2/h6-7,15H,4-5,8H2,1-3H3,(H,16,17). The molecule has 5 heteroatoms. The number of carbonyl (C=O) groups is 1. The smallest absolute Gasteiger partial charge is 0.221 e. The van der Waals surface area contributed by atoms with Gasteiger partial charge in [-0.2, -0.15) is 0 Å². The second-order valence-corrected chi connectivity index (χ2v) is 4.48. The fraction of sp³-hybridized carbons (Fsp3) is 0.462. The number of nitrogens with one attached hydrogen (secondary N) is 2. The normalized spacial score (nSPS) is 10.2. The number of aryl methyl sites for hydroxylation is 1. The SMILES string of the molecule is CNCCC(=O)NCc1cc(Cl)cc(C)c1OC. The highest BCUT2D eigenvalue weighted by atomic mass is 35.5. The lowest BCUT2D eigenvalue weighted by Gasteiger charge is -2.13. The minimum absolute atomic E-state index is 0.00373. The Bertz CT molecular complexity index is 422. The van der Waals surface area contributed by atoms with E-state index in [0.717, 1.165) is 16.9 Å². The lowest BCUT2D eigenvalue weighted by atomic mass is 10.1. The Balaban J connectivity index is 2.69. The minimum Gasteiger partial charge on any atom is -0.496 e. The quantitative estimate of drug-likeness (QED) is 0.830. The molecule has 1 aromatic rings. The van der Waals surface area contributed by atoms with E-state index in [2.05, 4.69) is 10.6 Å². The van der Waals surface area contributed by atoms with Gasteiger partial charge in [0.2, 0.25) is 5.91 Å². The van der Waals surface area contributed by atoms with Gasteiger partial charge in [0.1, 0.15) is 5.75 Å². The van der Waals surface area contributed by atoms with Gasteiger partial charge in [0.05, 0.1) is 7.11 Å². The van der Waals surface area contributed by atoms with E-state index in [0.29, 0.717) is 24.5 Å². The zero-order chi connectivity index (χ0) is 13.5. The van der Waals surface area contributed by atoms with Crippen LogP contribution in [0.2, 0.25) is 5.02 Å². The van der Waals surface area contributed by atoms with Crippen LogP contribution in [0.4, 0.5) is 0 Å². The van der Waals surface area contributed by atoms with E-state index in [1.807, 2.05) is 26.1 Å². The number of amides is 1. The molecule has 2 N–H and O–H groups in total. The number of carbonyl (C=O) groups excluding carboxylic acids is 1. The summed E-state index contributed by atoms with van der Waals surface area (Å²) in [5.41, 5.74) is 1.85. The molecule has 1 aromatic carbocycles. The molecule has 0 aliphatic rings. The lowest BCUT2D eigenvalue weighted by molar-refractivity contribution is -0.121. The van der Waals surface area contributed by atoms with Crippen LogP contribution in [0.15, 0.2) is 12.1 Å². The van der Waals surface area contributed by atoms with Crippen molar-refractivity contribution in [1.82, 2.24) is 10.6 Å². The molecule has 1 rings (SSSR count). The molecular formula is C13H19ClN2O2.